The van der Waals surface area contributed by atoms with Gasteiger partial charge in [-0.1, -0.05) is 54.1 Å². The predicted molar refractivity (Wildman–Crippen MR) is 131 cm³/mol. The van der Waals surface area contributed by atoms with Gasteiger partial charge in [0.05, 0.1) is 14.6 Å². The Kier molecular flexibility index (Phi) is 4.76. The van der Waals surface area contributed by atoms with Crippen LogP contribution < -0.4 is 0 Å². The first-order valence-electron chi connectivity index (χ1n) is 9.49. The fraction of sp³-hybridized carbons (Fsp3) is 0. The number of fused-ring (bicyclic) bond motifs is 2. The highest BCUT2D eigenvalue weighted by atomic mass is 35.5. The van der Waals surface area contributed by atoms with E-state index in [-0.39, 0.29) is 0 Å². The summed E-state index contributed by atoms with van der Waals surface area (Å²) in [5.41, 5.74) is 1.84. The van der Waals surface area contributed by atoms with Crippen molar-refractivity contribution in [2.45, 2.75) is 9.50 Å². The summed E-state index contributed by atoms with van der Waals surface area (Å²) in [7, 11) is 0. The van der Waals surface area contributed by atoms with Crippen LogP contribution in [0.15, 0.2) is 88.4 Å². The largest absolute Gasteiger partial charge is 0.269 e. The van der Waals surface area contributed by atoms with Gasteiger partial charge in [-0.15, -0.1) is 32.9 Å². The summed E-state index contributed by atoms with van der Waals surface area (Å²) >= 11 is 11.2. The van der Waals surface area contributed by atoms with E-state index in [1.807, 2.05) is 36.4 Å². The van der Waals surface area contributed by atoms with Gasteiger partial charge in [-0.2, -0.15) is 0 Å². The lowest BCUT2D eigenvalue weighted by molar-refractivity contribution is 0.886. The number of hydrogen-bond acceptors (Lipinski definition) is 6. The van der Waals surface area contributed by atoms with Crippen molar-refractivity contribution in [2.24, 2.45) is 0 Å². The summed E-state index contributed by atoms with van der Waals surface area (Å²) in [5.74, 6) is 0.828. The fourth-order valence-electron chi connectivity index (χ4n) is 3.41. The number of hydrogen-bond donors (Lipinski definition) is 0. The van der Waals surface area contributed by atoms with Crippen molar-refractivity contribution in [2.75, 3.05) is 0 Å². The Bertz CT molecular complexity index is 1500. The molecular weight excluding hydrogens is 464 g/mol. The number of halogens is 1. The maximum atomic E-state index is 6.33. The molecule has 0 aliphatic heterocycles. The van der Waals surface area contributed by atoms with Gasteiger partial charge in [0.2, 0.25) is 5.16 Å². The number of aromatic nitrogens is 4. The molecule has 0 saturated carbocycles. The van der Waals surface area contributed by atoms with Gasteiger partial charge < -0.3 is 0 Å². The third-order valence-corrected chi connectivity index (χ3v) is 8.27. The number of para-hydroxylation sites is 2. The van der Waals surface area contributed by atoms with Crippen LogP contribution in [-0.2, 0) is 0 Å². The van der Waals surface area contributed by atoms with Crippen molar-refractivity contribution in [3.8, 4) is 16.4 Å². The Labute approximate surface area is 195 Å². The van der Waals surface area contributed by atoms with Crippen molar-refractivity contribution < 1.29 is 0 Å². The third-order valence-electron chi connectivity index (χ3n) is 4.82. The third kappa shape index (κ3) is 3.43. The first-order chi connectivity index (χ1) is 15.3. The summed E-state index contributed by atoms with van der Waals surface area (Å²) in [4.78, 5) is 5.81. The average molecular weight is 477 g/mol. The molecule has 3 heterocycles. The molecule has 0 aliphatic rings. The highest BCUT2D eigenvalue weighted by molar-refractivity contribution is 8.01. The van der Waals surface area contributed by atoms with Crippen molar-refractivity contribution in [1.29, 1.82) is 0 Å². The molecule has 0 spiro atoms. The van der Waals surface area contributed by atoms with Gasteiger partial charge in [-0.25, -0.2) is 4.98 Å². The second kappa shape index (κ2) is 7.76. The number of nitrogens with zero attached hydrogens (tertiary/aromatic N) is 4. The highest BCUT2D eigenvalue weighted by Gasteiger charge is 2.20. The van der Waals surface area contributed by atoms with Crippen LogP contribution in [0, 0.1) is 0 Å². The van der Waals surface area contributed by atoms with E-state index in [9.17, 15) is 0 Å². The molecule has 0 amide bonds. The molecule has 3 aromatic carbocycles. The minimum atomic E-state index is 0.663. The molecular formula is C23H13ClN4S3. The van der Waals surface area contributed by atoms with E-state index >= 15 is 0 Å². The molecule has 8 heteroatoms. The summed E-state index contributed by atoms with van der Waals surface area (Å²) in [5, 5.41) is 11.8. The van der Waals surface area contributed by atoms with Gasteiger partial charge in [0, 0.05) is 10.4 Å². The van der Waals surface area contributed by atoms with E-state index in [1.54, 1.807) is 22.7 Å². The fourth-order valence-corrected chi connectivity index (χ4v) is 6.77. The van der Waals surface area contributed by atoms with E-state index in [0.29, 0.717) is 5.02 Å². The molecule has 0 radical (unpaired) electrons. The summed E-state index contributed by atoms with van der Waals surface area (Å²) in [6.45, 7) is 0. The van der Waals surface area contributed by atoms with Crippen LogP contribution in [-0.4, -0.2) is 19.7 Å². The van der Waals surface area contributed by atoms with E-state index < -0.39 is 0 Å². The standard InChI is InChI=1S/C23H13ClN4S3/c24-16-10-6-12-18-20(16)25-23(30-18)31-22-27-26-21(28(22)15-8-2-1-3-9-15)19-13-14-7-4-5-11-17(14)29-19/h1-13H. The van der Waals surface area contributed by atoms with Crippen LogP contribution in [0.25, 0.3) is 36.7 Å². The summed E-state index contributed by atoms with van der Waals surface area (Å²) in [6, 6.07) is 26.6. The quantitative estimate of drug-likeness (QED) is 0.263. The molecule has 6 aromatic rings. The molecule has 0 unspecified atom stereocenters. The normalized spacial score (nSPS) is 11.5. The van der Waals surface area contributed by atoms with Gasteiger partial charge in [0.1, 0.15) is 5.52 Å². The molecule has 6 rings (SSSR count). The van der Waals surface area contributed by atoms with E-state index in [0.717, 1.165) is 36.1 Å². The number of rotatable bonds is 4. The first-order valence-corrected chi connectivity index (χ1v) is 12.3. The van der Waals surface area contributed by atoms with Crippen molar-refractivity contribution in [1.82, 2.24) is 19.7 Å². The Morgan fingerprint density at radius 3 is 2.45 bits per heavy atom. The van der Waals surface area contributed by atoms with Crippen molar-refractivity contribution in [3.05, 3.63) is 83.9 Å². The Morgan fingerprint density at radius 1 is 0.806 bits per heavy atom. The molecule has 3 aromatic heterocycles. The van der Waals surface area contributed by atoms with Gasteiger partial charge in [0.25, 0.3) is 0 Å². The molecule has 0 N–H and O–H groups in total. The topological polar surface area (TPSA) is 43.6 Å². The maximum Gasteiger partial charge on any atom is 0.203 e. The van der Waals surface area contributed by atoms with Gasteiger partial charge >= 0.3 is 0 Å². The zero-order chi connectivity index (χ0) is 20.8. The number of benzene rings is 3. The molecule has 0 atom stereocenters. The van der Waals surface area contributed by atoms with E-state index in [4.69, 9.17) is 16.6 Å². The van der Waals surface area contributed by atoms with Crippen LogP contribution in [0.5, 0.6) is 0 Å². The van der Waals surface area contributed by atoms with Crippen molar-refractivity contribution in [3.63, 3.8) is 0 Å². The lowest BCUT2D eigenvalue weighted by atomic mass is 10.2. The number of thiophene rings is 1. The van der Waals surface area contributed by atoms with Gasteiger partial charge in [0.15, 0.2) is 10.2 Å². The molecule has 31 heavy (non-hydrogen) atoms. The second-order valence-corrected chi connectivity index (χ2v) is 10.5. The Morgan fingerprint density at radius 2 is 1.61 bits per heavy atom. The van der Waals surface area contributed by atoms with Crippen LogP contribution in [0.3, 0.4) is 0 Å². The average Bonchev–Trinajstić information content (AvgIpc) is 3.51. The maximum absolute atomic E-state index is 6.33. The summed E-state index contributed by atoms with van der Waals surface area (Å²) in [6.07, 6.45) is 0. The Balaban J connectivity index is 1.49. The number of thiazole rings is 1. The molecule has 0 fully saturated rings. The predicted octanol–water partition coefficient (Wildman–Crippen LogP) is 7.56. The molecule has 0 saturated heterocycles. The van der Waals surface area contributed by atoms with Crippen LogP contribution >= 0.6 is 46.0 Å². The van der Waals surface area contributed by atoms with Crippen LogP contribution in [0.1, 0.15) is 0 Å². The minimum Gasteiger partial charge on any atom is -0.269 e. The summed E-state index contributed by atoms with van der Waals surface area (Å²) < 4.78 is 5.28. The minimum absolute atomic E-state index is 0.663. The lowest BCUT2D eigenvalue weighted by Crippen LogP contribution is -1.98. The van der Waals surface area contributed by atoms with Crippen LogP contribution in [0.2, 0.25) is 5.02 Å². The zero-order valence-electron chi connectivity index (χ0n) is 15.9. The molecule has 0 aliphatic carbocycles. The lowest BCUT2D eigenvalue weighted by Gasteiger charge is -2.08. The molecule has 150 valence electrons. The van der Waals surface area contributed by atoms with Crippen molar-refractivity contribution >= 4 is 66.3 Å². The highest BCUT2D eigenvalue weighted by Crippen LogP contribution is 2.39. The monoisotopic (exact) mass is 476 g/mol. The zero-order valence-corrected chi connectivity index (χ0v) is 19.1. The molecule has 0 bridgehead atoms. The Hall–Kier alpha value is -2.71. The van der Waals surface area contributed by atoms with Crippen LogP contribution in [0.4, 0.5) is 0 Å². The van der Waals surface area contributed by atoms with Gasteiger partial charge in [-0.3, -0.25) is 4.57 Å². The smallest absolute Gasteiger partial charge is 0.203 e. The molecule has 4 nitrogen and oxygen atoms in total. The van der Waals surface area contributed by atoms with Gasteiger partial charge in [-0.05, 0) is 53.5 Å². The second-order valence-electron chi connectivity index (χ2n) is 6.79. The SMILES string of the molecule is Clc1cccc2sc(Sc3nnc(-c4cc5ccccc5s4)n3-c3ccccc3)nc12. The van der Waals surface area contributed by atoms with E-state index in [2.05, 4.69) is 57.2 Å². The first kappa shape index (κ1) is 19.0. The van der Waals surface area contributed by atoms with E-state index in [1.165, 1.54) is 21.8 Å².